The minimum atomic E-state index is -4.66. The third-order valence-electron chi connectivity index (χ3n) is 3.28. The molecule has 0 unspecified atom stereocenters. The van der Waals surface area contributed by atoms with Crippen LogP contribution in [0, 0.1) is 0 Å². The van der Waals surface area contributed by atoms with Crippen molar-refractivity contribution in [2.75, 3.05) is 5.32 Å². The van der Waals surface area contributed by atoms with E-state index < -0.39 is 23.4 Å². The number of anilines is 1. The lowest BCUT2D eigenvalue weighted by molar-refractivity contribution is -0.137. The average molecular weight is 380 g/mol. The van der Waals surface area contributed by atoms with E-state index in [1.807, 2.05) is 0 Å². The molecule has 3 rings (SSSR count). The maximum absolute atomic E-state index is 13.4. The second-order valence-electron chi connectivity index (χ2n) is 6.58. The Morgan fingerprint density at radius 3 is 2.56 bits per heavy atom. The molecule has 3 heterocycles. The quantitative estimate of drug-likeness (QED) is 0.731. The smallest absolute Gasteiger partial charge is 0.418 e. The number of aromatic nitrogens is 5. The highest BCUT2D eigenvalue weighted by molar-refractivity contribution is 5.85. The fraction of sp³-hybridized carbons (Fsp3) is 0.312. The second-order valence-corrected chi connectivity index (χ2v) is 6.58. The molecular formula is C16H15F3N6O2. The minimum Gasteiger partial charge on any atom is -0.444 e. The molecule has 3 aromatic heterocycles. The molecule has 0 radical (unpaired) electrons. The first-order valence-electron chi connectivity index (χ1n) is 7.76. The van der Waals surface area contributed by atoms with Crippen molar-refractivity contribution in [1.29, 1.82) is 0 Å². The number of fused-ring (bicyclic) bond motifs is 1. The van der Waals surface area contributed by atoms with Crippen molar-refractivity contribution in [3.05, 3.63) is 36.5 Å². The molecule has 0 saturated heterocycles. The fourth-order valence-electron chi connectivity index (χ4n) is 2.24. The monoisotopic (exact) mass is 380 g/mol. The van der Waals surface area contributed by atoms with Crippen molar-refractivity contribution >= 4 is 17.6 Å². The number of halogens is 3. The van der Waals surface area contributed by atoms with Crippen LogP contribution < -0.4 is 5.32 Å². The average Bonchev–Trinajstić information content (AvgIpc) is 2.99. The van der Waals surface area contributed by atoms with E-state index in [0.717, 1.165) is 6.07 Å². The summed E-state index contributed by atoms with van der Waals surface area (Å²) in [6, 6.07) is 1.08. The van der Waals surface area contributed by atoms with Gasteiger partial charge in [0.05, 0.1) is 23.7 Å². The molecule has 11 heteroatoms. The first kappa shape index (κ1) is 18.5. The molecule has 27 heavy (non-hydrogen) atoms. The molecule has 1 N–H and O–H groups in total. The van der Waals surface area contributed by atoms with Gasteiger partial charge in [-0.3, -0.25) is 10.3 Å². The summed E-state index contributed by atoms with van der Waals surface area (Å²) in [5, 5.41) is 6.20. The van der Waals surface area contributed by atoms with Crippen LogP contribution in [-0.4, -0.2) is 36.3 Å². The van der Waals surface area contributed by atoms with Crippen LogP contribution in [0.4, 0.5) is 23.8 Å². The van der Waals surface area contributed by atoms with Gasteiger partial charge in [-0.15, -0.1) is 0 Å². The predicted molar refractivity (Wildman–Crippen MR) is 88.9 cm³/mol. The van der Waals surface area contributed by atoms with Gasteiger partial charge in [-0.1, -0.05) is 0 Å². The fourth-order valence-corrected chi connectivity index (χ4v) is 2.24. The third kappa shape index (κ3) is 4.30. The van der Waals surface area contributed by atoms with Crippen molar-refractivity contribution < 1.29 is 22.7 Å². The van der Waals surface area contributed by atoms with E-state index in [1.54, 1.807) is 20.8 Å². The molecule has 0 aliphatic heterocycles. The zero-order valence-electron chi connectivity index (χ0n) is 14.6. The van der Waals surface area contributed by atoms with Crippen LogP contribution in [0.15, 0.2) is 31.0 Å². The third-order valence-corrected chi connectivity index (χ3v) is 3.28. The zero-order valence-corrected chi connectivity index (χ0v) is 14.6. The summed E-state index contributed by atoms with van der Waals surface area (Å²) in [6.07, 6.45) is -0.997. The van der Waals surface area contributed by atoms with Crippen molar-refractivity contribution in [3.8, 4) is 11.3 Å². The van der Waals surface area contributed by atoms with Gasteiger partial charge in [-0.25, -0.2) is 19.3 Å². The Morgan fingerprint density at radius 1 is 1.15 bits per heavy atom. The van der Waals surface area contributed by atoms with Gasteiger partial charge in [-0.05, 0) is 26.8 Å². The summed E-state index contributed by atoms with van der Waals surface area (Å²) in [5.74, 6) is -0.104. The summed E-state index contributed by atoms with van der Waals surface area (Å²) in [7, 11) is 0. The molecule has 3 aromatic rings. The van der Waals surface area contributed by atoms with Crippen molar-refractivity contribution in [2.45, 2.75) is 32.5 Å². The molecule has 1 amide bonds. The van der Waals surface area contributed by atoms with E-state index in [0.29, 0.717) is 11.8 Å². The first-order valence-corrected chi connectivity index (χ1v) is 7.76. The zero-order chi connectivity index (χ0) is 19.8. The molecule has 0 aliphatic carbocycles. The van der Waals surface area contributed by atoms with Crippen LogP contribution in [0.1, 0.15) is 26.3 Å². The van der Waals surface area contributed by atoms with Crippen LogP contribution in [0.5, 0.6) is 0 Å². The van der Waals surface area contributed by atoms with Crippen molar-refractivity contribution in [2.24, 2.45) is 0 Å². The van der Waals surface area contributed by atoms with E-state index in [1.165, 1.54) is 23.2 Å². The Balaban J connectivity index is 2.02. The number of rotatable bonds is 2. The molecule has 0 bridgehead atoms. The number of ether oxygens (including phenoxy) is 1. The molecule has 0 aliphatic rings. The summed E-state index contributed by atoms with van der Waals surface area (Å²) in [4.78, 5) is 23.4. The molecule has 0 fully saturated rings. The molecule has 142 valence electrons. The van der Waals surface area contributed by atoms with Crippen LogP contribution in [0.2, 0.25) is 0 Å². The number of nitrogens with zero attached hydrogens (tertiary/aromatic N) is 5. The van der Waals surface area contributed by atoms with Gasteiger partial charge in [0.25, 0.3) is 0 Å². The number of pyridine rings is 1. The highest BCUT2D eigenvalue weighted by Gasteiger charge is 2.35. The Bertz CT molecular complexity index is 994. The SMILES string of the molecule is CC(C)(C)OC(=O)Nc1cc(-c2cn3ncnc3cn2)c(C(F)(F)F)cn1. The normalized spacial score (nSPS) is 12.2. The Kier molecular flexibility index (Phi) is 4.46. The topological polar surface area (TPSA) is 94.3 Å². The van der Waals surface area contributed by atoms with E-state index in [4.69, 9.17) is 4.74 Å². The molecule has 0 aromatic carbocycles. The summed E-state index contributed by atoms with van der Waals surface area (Å²) in [5.41, 5.74) is -1.65. The van der Waals surface area contributed by atoms with E-state index in [-0.39, 0.29) is 17.1 Å². The van der Waals surface area contributed by atoms with Gasteiger partial charge in [0.15, 0.2) is 5.65 Å². The number of amides is 1. The molecular weight excluding hydrogens is 365 g/mol. The summed E-state index contributed by atoms with van der Waals surface area (Å²) < 4.78 is 46.5. The maximum Gasteiger partial charge on any atom is 0.418 e. The number of hydrogen-bond acceptors (Lipinski definition) is 6. The van der Waals surface area contributed by atoms with Gasteiger partial charge in [-0.2, -0.15) is 18.3 Å². The lowest BCUT2D eigenvalue weighted by Gasteiger charge is -2.20. The van der Waals surface area contributed by atoms with Gasteiger partial charge in [0, 0.05) is 11.8 Å². The number of carbonyl (C=O) groups is 1. The summed E-state index contributed by atoms with van der Waals surface area (Å²) in [6.45, 7) is 4.99. The molecule has 0 spiro atoms. The minimum absolute atomic E-state index is 0.00466. The lowest BCUT2D eigenvalue weighted by atomic mass is 10.1. The molecule has 0 atom stereocenters. The second kappa shape index (κ2) is 6.49. The number of hydrogen-bond donors (Lipinski definition) is 1. The maximum atomic E-state index is 13.4. The van der Waals surface area contributed by atoms with Crippen molar-refractivity contribution in [1.82, 2.24) is 24.6 Å². The van der Waals surface area contributed by atoms with Gasteiger partial charge < -0.3 is 4.74 Å². The van der Waals surface area contributed by atoms with Crippen LogP contribution in [-0.2, 0) is 10.9 Å². The summed E-state index contributed by atoms with van der Waals surface area (Å²) >= 11 is 0. The largest absolute Gasteiger partial charge is 0.444 e. The Morgan fingerprint density at radius 2 is 1.89 bits per heavy atom. The van der Waals surface area contributed by atoms with Gasteiger partial charge in [0.2, 0.25) is 0 Å². The first-order chi connectivity index (χ1) is 12.5. The van der Waals surface area contributed by atoms with Crippen LogP contribution >= 0.6 is 0 Å². The highest BCUT2D eigenvalue weighted by atomic mass is 19.4. The Hall–Kier alpha value is -3.24. The number of nitrogens with one attached hydrogen (secondary N) is 1. The molecule has 8 nitrogen and oxygen atoms in total. The lowest BCUT2D eigenvalue weighted by Crippen LogP contribution is -2.27. The number of alkyl halides is 3. The van der Waals surface area contributed by atoms with Crippen LogP contribution in [0.3, 0.4) is 0 Å². The highest BCUT2D eigenvalue weighted by Crippen LogP contribution is 2.37. The molecule has 0 saturated carbocycles. The Labute approximate surface area is 151 Å². The predicted octanol–water partition coefficient (Wildman–Crippen LogP) is 3.55. The van der Waals surface area contributed by atoms with Crippen molar-refractivity contribution in [3.63, 3.8) is 0 Å². The van der Waals surface area contributed by atoms with E-state index in [9.17, 15) is 18.0 Å². The standard InChI is InChI=1S/C16H15F3N6O2/c1-15(2,3)27-14(26)24-12-4-9(10(5-21-12)16(17,18)19)11-7-25-13(6-20-11)22-8-23-25/h4-8H,1-3H3,(H,21,24,26). The number of carbonyl (C=O) groups excluding carboxylic acids is 1. The van der Waals surface area contributed by atoms with Gasteiger partial charge >= 0.3 is 12.3 Å². The van der Waals surface area contributed by atoms with Crippen LogP contribution in [0.25, 0.3) is 16.9 Å². The van der Waals surface area contributed by atoms with Gasteiger partial charge in [0.1, 0.15) is 17.7 Å². The van der Waals surface area contributed by atoms with E-state index >= 15 is 0 Å². The van der Waals surface area contributed by atoms with E-state index in [2.05, 4.69) is 25.4 Å².